The van der Waals surface area contributed by atoms with E-state index in [2.05, 4.69) is 6.92 Å². The average molecular weight is 238 g/mol. The summed E-state index contributed by atoms with van der Waals surface area (Å²) in [6, 6.07) is 0. The molecule has 0 aromatic heterocycles. The molecule has 3 heteroatoms. The van der Waals surface area contributed by atoms with Crippen LogP contribution < -0.4 is 0 Å². The normalized spacial score (nSPS) is 41.8. The maximum Gasteiger partial charge on any atom is 0.319 e. The summed E-state index contributed by atoms with van der Waals surface area (Å²) in [6.45, 7) is 4.04. The van der Waals surface area contributed by atoms with Crippen molar-refractivity contribution in [2.75, 3.05) is 7.11 Å². The number of carbonyl (C=O) groups is 2. The van der Waals surface area contributed by atoms with Crippen molar-refractivity contribution < 1.29 is 14.3 Å². The Bertz CT molecular complexity index is 339. The van der Waals surface area contributed by atoms with E-state index in [1.807, 2.05) is 0 Å². The van der Waals surface area contributed by atoms with Crippen LogP contribution in [0, 0.1) is 16.7 Å². The van der Waals surface area contributed by atoms with Crippen LogP contribution in [0.15, 0.2) is 0 Å². The average Bonchev–Trinajstić information content (AvgIpc) is 2.33. The van der Waals surface area contributed by atoms with Crippen LogP contribution in [0.4, 0.5) is 0 Å². The van der Waals surface area contributed by atoms with Gasteiger partial charge in [-0.15, -0.1) is 0 Å². The van der Waals surface area contributed by atoms with Crippen molar-refractivity contribution in [2.24, 2.45) is 16.7 Å². The predicted octanol–water partition coefficient (Wildman–Crippen LogP) is 2.73. The van der Waals surface area contributed by atoms with Gasteiger partial charge in [-0.1, -0.05) is 19.8 Å². The fourth-order valence-electron chi connectivity index (χ4n) is 4.01. The van der Waals surface area contributed by atoms with Gasteiger partial charge in [0.15, 0.2) is 0 Å². The Morgan fingerprint density at radius 2 is 2.00 bits per heavy atom. The molecule has 0 aromatic carbocycles. The van der Waals surface area contributed by atoms with E-state index in [1.54, 1.807) is 6.92 Å². The topological polar surface area (TPSA) is 43.4 Å². The zero-order valence-electron chi connectivity index (χ0n) is 11.0. The lowest BCUT2D eigenvalue weighted by Crippen LogP contribution is -2.54. The SMILES string of the molecule is COC(=O)[C@]1(C)C(=O)CC[C@]2(C)CCCC[C@H]21. The van der Waals surface area contributed by atoms with Gasteiger partial charge < -0.3 is 4.74 Å². The largest absolute Gasteiger partial charge is 0.468 e. The summed E-state index contributed by atoms with van der Waals surface area (Å²) in [5, 5.41) is 0. The molecule has 0 unspecified atom stereocenters. The van der Waals surface area contributed by atoms with E-state index < -0.39 is 5.41 Å². The Hall–Kier alpha value is -0.860. The van der Waals surface area contributed by atoms with Gasteiger partial charge in [-0.2, -0.15) is 0 Å². The predicted molar refractivity (Wildman–Crippen MR) is 64.4 cm³/mol. The molecule has 0 amide bonds. The lowest BCUT2D eigenvalue weighted by molar-refractivity contribution is -0.171. The van der Waals surface area contributed by atoms with Crippen LogP contribution in [0.1, 0.15) is 52.4 Å². The molecule has 2 rings (SSSR count). The van der Waals surface area contributed by atoms with Crippen molar-refractivity contribution >= 4 is 11.8 Å². The molecule has 17 heavy (non-hydrogen) atoms. The van der Waals surface area contributed by atoms with E-state index in [0.717, 1.165) is 25.7 Å². The monoisotopic (exact) mass is 238 g/mol. The standard InChI is InChI=1S/C14H22O3/c1-13-8-5-4-6-10(13)14(2,12(16)17-3)11(15)7-9-13/h10H,4-9H2,1-3H3/t10-,13+,14+/m1/s1. The highest BCUT2D eigenvalue weighted by Crippen LogP contribution is 2.56. The lowest BCUT2D eigenvalue weighted by atomic mass is 9.50. The summed E-state index contributed by atoms with van der Waals surface area (Å²) in [4.78, 5) is 24.3. The number of ketones is 1. The van der Waals surface area contributed by atoms with E-state index in [1.165, 1.54) is 13.5 Å². The van der Waals surface area contributed by atoms with E-state index in [9.17, 15) is 9.59 Å². The maximum absolute atomic E-state index is 12.2. The zero-order chi connectivity index (χ0) is 12.7. The molecule has 0 bridgehead atoms. The molecule has 2 saturated carbocycles. The Labute approximate surface area is 103 Å². The van der Waals surface area contributed by atoms with Crippen molar-refractivity contribution in [3.8, 4) is 0 Å². The first-order valence-electron chi connectivity index (χ1n) is 6.57. The van der Waals surface area contributed by atoms with Gasteiger partial charge in [0.25, 0.3) is 0 Å². The zero-order valence-corrected chi connectivity index (χ0v) is 11.0. The number of esters is 1. The third kappa shape index (κ3) is 1.71. The third-order valence-corrected chi connectivity index (χ3v) is 5.14. The fourth-order valence-corrected chi connectivity index (χ4v) is 4.01. The first-order chi connectivity index (χ1) is 7.95. The molecule has 2 aliphatic carbocycles. The number of rotatable bonds is 1. The summed E-state index contributed by atoms with van der Waals surface area (Å²) >= 11 is 0. The molecule has 0 N–H and O–H groups in total. The van der Waals surface area contributed by atoms with Crippen LogP contribution >= 0.6 is 0 Å². The second kappa shape index (κ2) is 4.11. The number of methoxy groups -OCH3 is 1. The fraction of sp³-hybridized carbons (Fsp3) is 0.857. The molecule has 3 atom stereocenters. The molecule has 0 aromatic rings. The van der Waals surface area contributed by atoms with Gasteiger partial charge in [0, 0.05) is 6.42 Å². The highest BCUT2D eigenvalue weighted by molar-refractivity contribution is 6.04. The molecule has 3 nitrogen and oxygen atoms in total. The van der Waals surface area contributed by atoms with Crippen molar-refractivity contribution in [1.82, 2.24) is 0 Å². The molecule has 96 valence electrons. The molecule has 0 aliphatic heterocycles. The number of hydrogen-bond donors (Lipinski definition) is 0. The minimum atomic E-state index is -0.901. The summed E-state index contributed by atoms with van der Waals surface area (Å²) in [5.74, 6) is -0.0912. The molecular weight excluding hydrogens is 216 g/mol. The van der Waals surface area contributed by atoms with Crippen LogP contribution in [-0.2, 0) is 14.3 Å². The van der Waals surface area contributed by atoms with E-state index in [0.29, 0.717) is 6.42 Å². The van der Waals surface area contributed by atoms with E-state index in [4.69, 9.17) is 4.74 Å². The lowest BCUT2D eigenvalue weighted by Gasteiger charge is -2.52. The number of ether oxygens (including phenoxy) is 1. The highest BCUT2D eigenvalue weighted by Gasteiger charge is 2.58. The summed E-state index contributed by atoms with van der Waals surface area (Å²) in [7, 11) is 1.38. The van der Waals surface area contributed by atoms with Crippen LogP contribution in [0.5, 0.6) is 0 Å². The highest BCUT2D eigenvalue weighted by atomic mass is 16.5. The molecule has 0 saturated heterocycles. The number of hydrogen-bond acceptors (Lipinski definition) is 3. The quantitative estimate of drug-likeness (QED) is 0.521. The molecular formula is C14H22O3. The number of Topliss-reactive ketones (excluding diaryl/α,β-unsaturated/α-hetero) is 1. The summed E-state index contributed by atoms with van der Waals surface area (Å²) in [6.07, 6.45) is 5.92. The Morgan fingerprint density at radius 1 is 1.29 bits per heavy atom. The minimum absolute atomic E-state index is 0.0775. The van der Waals surface area contributed by atoms with E-state index >= 15 is 0 Å². The molecule has 2 aliphatic rings. The van der Waals surface area contributed by atoms with Crippen LogP contribution in [0.3, 0.4) is 0 Å². The first-order valence-corrected chi connectivity index (χ1v) is 6.57. The molecule has 2 fully saturated rings. The molecule has 0 spiro atoms. The number of carbonyl (C=O) groups excluding carboxylic acids is 2. The Morgan fingerprint density at radius 3 is 2.65 bits per heavy atom. The second-order valence-corrected chi connectivity index (χ2v) is 6.07. The van der Waals surface area contributed by atoms with Crippen LogP contribution in [-0.4, -0.2) is 18.9 Å². The maximum atomic E-state index is 12.2. The van der Waals surface area contributed by atoms with Gasteiger partial charge in [-0.3, -0.25) is 9.59 Å². The second-order valence-electron chi connectivity index (χ2n) is 6.07. The van der Waals surface area contributed by atoms with Crippen LogP contribution in [0.2, 0.25) is 0 Å². The smallest absolute Gasteiger partial charge is 0.319 e. The summed E-state index contributed by atoms with van der Waals surface area (Å²) in [5.41, 5.74) is -0.753. The Kier molecular flexibility index (Phi) is 3.04. The van der Waals surface area contributed by atoms with Gasteiger partial charge in [-0.25, -0.2) is 0 Å². The van der Waals surface area contributed by atoms with Crippen molar-refractivity contribution in [3.63, 3.8) is 0 Å². The Balaban J connectivity index is 2.40. The van der Waals surface area contributed by atoms with Crippen LogP contribution in [0.25, 0.3) is 0 Å². The number of fused-ring (bicyclic) bond motifs is 1. The van der Waals surface area contributed by atoms with Gasteiger partial charge in [-0.05, 0) is 37.5 Å². The molecule has 0 heterocycles. The minimum Gasteiger partial charge on any atom is -0.468 e. The molecule has 0 radical (unpaired) electrons. The van der Waals surface area contributed by atoms with Crippen molar-refractivity contribution in [3.05, 3.63) is 0 Å². The third-order valence-electron chi connectivity index (χ3n) is 5.14. The first kappa shape index (κ1) is 12.6. The van der Waals surface area contributed by atoms with Gasteiger partial charge in [0.1, 0.15) is 11.2 Å². The van der Waals surface area contributed by atoms with Gasteiger partial charge in [0.2, 0.25) is 0 Å². The van der Waals surface area contributed by atoms with Gasteiger partial charge in [0.05, 0.1) is 7.11 Å². The summed E-state index contributed by atoms with van der Waals surface area (Å²) < 4.78 is 4.90. The van der Waals surface area contributed by atoms with Crippen molar-refractivity contribution in [2.45, 2.75) is 52.4 Å². The van der Waals surface area contributed by atoms with Crippen molar-refractivity contribution in [1.29, 1.82) is 0 Å². The van der Waals surface area contributed by atoms with E-state index in [-0.39, 0.29) is 23.1 Å². The van der Waals surface area contributed by atoms with Gasteiger partial charge >= 0.3 is 5.97 Å².